The van der Waals surface area contributed by atoms with E-state index in [0.29, 0.717) is 18.7 Å². The number of nitrogens with one attached hydrogen (secondary N) is 1. The van der Waals surface area contributed by atoms with Crippen molar-refractivity contribution < 1.29 is 22.0 Å². The molecule has 0 spiro atoms. The van der Waals surface area contributed by atoms with Crippen LogP contribution in [-0.4, -0.2) is 32.7 Å². The van der Waals surface area contributed by atoms with E-state index in [2.05, 4.69) is 10.3 Å². The van der Waals surface area contributed by atoms with Crippen LogP contribution in [0, 0.1) is 12.7 Å². The number of aryl methyl sites for hydroxylation is 1. The minimum absolute atomic E-state index is 0.00991. The summed E-state index contributed by atoms with van der Waals surface area (Å²) in [6.45, 7) is 3.06. The number of benzene rings is 2. The van der Waals surface area contributed by atoms with E-state index in [1.807, 2.05) is 31.2 Å². The molecule has 8 heteroatoms. The van der Waals surface area contributed by atoms with Gasteiger partial charge in [0.15, 0.2) is 0 Å². The van der Waals surface area contributed by atoms with Crippen LogP contribution in [0.4, 0.5) is 10.3 Å². The van der Waals surface area contributed by atoms with Crippen molar-refractivity contribution in [3.8, 4) is 11.5 Å². The highest BCUT2D eigenvalue weighted by molar-refractivity contribution is 7.91. The van der Waals surface area contributed by atoms with Gasteiger partial charge >= 0.3 is 0 Å². The Kier molecular flexibility index (Phi) is 5.38. The first-order valence-electron chi connectivity index (χ1n) is 9.37. The number of hydrogen-bond acceptors (Lipinski definition) is 6. The van der Waals surface area contributed by atoms with Crippen LogP contribution in [0.3, 0.4) is 0 Å². The van der Waals surface area contributed by atoms with Gasteiger partial charge in [-0.05, 0) is 56.2 Å². The van der Waals surface area contributed by atoms with Crippen molar-refractivity contribution in [1.82, 2.24) is 4.98 Å². The number of oxazole rings is 1. The summed E-state index contributed by atoms with van der Waals surface area (Å²) in [6, 6.07) is 12.1. The van der Waals surface area contributed by atoms with Crippen LogP contribution < -0.4 is 5.32 Å². The largest absolute Gasteiger partial charge is 0.419 e. The predicted molar refractivity (Wildman–Crippen MR) is 106 cm³/mol. The van der Waals surface area contributed by atoms with Crippen LogP contribution in [0.15, 0.2) is 62.9 Å². The lowest BCUT2D eigenvalue weighted by Crippen LogP contribution is -2.19. The number of ether oxygens (including phenoxy) is 1. The highest BCUT2D eigenvalue weighted by atomic mass is 32.2. The molecule has 29 heavy (non-hydrogen) atoms. The van der Waals surface area contributed by atoms with Gasteiger partial charge in [-0.1, -0.05) is 17.7 Å². The summed E-state index contributed by atoms with van der Waals surface area (Å²) in [5, 5.41) is 2.81. The van der Waals surface area contributed by atoms with Crippen molar-refractivity contribution in [1.29, 1.82) is 0 Å². The first-order valence-corrected chi connectivity index (χ1v) is 10.9. The number of halogens is 1. The van der Waals surface area contributed by atoms with Gasteiger partial charge in [0.25, 0.3) is 0 Å². The molecule has 0 amide bonds. The van der Waals surface area contributed by atoms with Gasteiger partial charge in [0.1, 0.15) is 5.82 Å². The summed E-state index contributed by atoms with van der Waals surface area (Å²) < 4.78 is 50.9. The number of rotatable bonds is 6. The number of aromatic nitrogens is 1. The molecule has 0 aliphatic carbocycles. The van der Waals surface area contributed by atoms with Crippen LogP contribution >= 0.6 is 0 Å². The van der Waals surface area contributed by atoms with Crippen LogP contribution in [0.2, 0.25) is 0 Å². The van der Waals surface area contributed by atoms with Crippen molar-refractivity contribution in [3.63, 3.8) is 0 Å². The van der Waals surface area contributed by atoms with Gasteiger partial charge in [0.2, 0.25) is 26.6 Å². The van der Waals surface area contributed by atoms with Crippen molar-refractivity contribution in [2.24, 2.45) is 0 Å². The molecule has 2 heterocycles. The molecular formula is C21H21FN2O4S. The van der Waals surface area contributed by atoms with Gasteiger partial charge < -0.3 is 14.5 Å². The SMILES string of the molecule is Cc1ccc(-c2nc(S(=O)(=O)c3ccc(F)cc3)c(NCC3CCCO3)o2)cc1. The Hall–Kier alpha value is -2.71. The van der Waals surface area contributed by atoms with E-state index in [1.54, 1.807) is 0 Å². The van der Waals surface area contributed by atoms with Crippen molar-refractivity contribution in [2.75, 3.05) is 18.5 Å². The summed E-state index contributed by atoms with van der Waals surface area (Å²) in [6.07, 6.45) is 1.86. The number of nitrogens with zero attached hydrogens (tertiary/aromatic N) is 1. The molecule has 3 aromatic rings. The van der Waals surface area contributed by atoms with Crippen molar-refractivity contribution >= 4 is 15.7 Å². The molecule has 152 valence electrons. The topological polar surface area (TPSA) is 81.4 Å². The Morgan fingerprint density at radius 1 is 1.14 bits per heavy atom. The molecule has 6 nitrogen and oxygen atoms in total. The normalized spacial score (nSPS) is 16.8. The summed E-state index contributed by atoms with van der Waals surface area (Å²) in [5.74, 6) is -0.262. The van der Waals surface area contributed by atoms with E-state index < -0.39 is 15.7 Å². The average Bonchev–Trinajstić information content (AvgIpc) is 3.37. The highest BCUT2D eigenvalue weighted by Gasteiger charge is 2.29. The molecule has 0 bridgehead atoms. The first kappa shape index (κ1) is 19.6. The minimum atomic E-state index is -4.00. The molecule has 4 rings (SSSR count). The van der Waals surface area contributed by atoms with E-state index in [0.717, 1.165) is 30.5 Å². The summed E-state index contributed by atoms with van der Waals surface area (Å²) in [7, 11) is -4.00. The molecule has 1 fully saturated rings. The van der Waals surface area contributed by atoms with E-state index in [1.165, 1.54) is 12.1 Å². The maximum absolute atomic E-state index is 13.3. The second-order valence-corrected chi connectivity index (χ2v) is 8.86. The molecule has 1 atom stereocenters. The summed E-state index contributed by atoms with van der Waals surface area (Å²) >= 11 is 0. The molecule has 1 saturated heterocycles. The molecule has 1 aliphatic rings. The van der Waals surface area contributed by atoms with E-state index in [4.69, 9.17) is 9.15 Å². The third kappa shape index (κ3) is 4.18. The van der Waals surface area contributed by atoms with Gasteiger partial charge in [0, 0.05) is 18.7 Å². The monoisotopic (exact) mass is 416 g/mol. The number of hydrogen-bond donors (Lipinski definition) is 1. The smallest absolute Gasteiger partial charge is 0.233 e. The predicted octanol–water partition coefficient (Wildman–Crippen LogP) is 4.21. The number of sulfone groups is 1. The van der Waals surface area contributed by atoms with E-state index in [-0.39, 0.29) is 27.8 Å². The summed E-state index contributed by atoms with van der Waals surface area (Å²) in [4.78, 5) is 4.22. The van der Waals surface area contributed by atoms with Gasteiger partial charge in [-0.3, -0.25) is 0 Å². The fourth-order valence-corrected chi connectivity index (χ4v) is 4.44. The van der Waals surface area contributed by atoms with Gasteiger partial charge in [0.05, 0.1) is 11.0 Å². The molecule has 1 N–H and O–H groups in total. The van der Waals surface area contributed by atoms with Crippen LogP contribution in [0.5, 0.6) is 0 Å². The van der Waals surface area contributed by atoms with Crippen LogP contribution in [-0.2, 0) is 14.6 Å². The lowest BCUT2D eigenvalue weighted by molar-refractivity contribution is 0.120. The molecule has 0 radical (unpaired) electrons. The maximum Gasteiger partial charge on any atom is 0.233 e. The summed E-state index contributed by atoms with van der Waals surface area (Å²) in [5.41, 5.74) is 1.73. The van der Waals surface area contributed by atoms with Crippen molar-refractivity contribution in [2.45, 2.75) is 35.8 Å². The average molecular weight is 416 g/mol. The second kappa shape index (κ2) is 7.96. The van der Waals surface area contributed by atoms with E-state index in [9.17, 15) is 12.8 Å². The standard InChI is InChI=1S/C21H21FN2O4S/c1-14-4-6-15(7-5-14)19-24-21(20(28-19)23-13-17-3-2-12-27-17)29(25,26)18-10-8-16(22)9-11-18/h4-11,17,23H,2-3,12-13H2,1H3. The quantitative estimate of drug-likeness (QED) is 0.606. The lowest BCUT2D eigenvalue weighted by atomic mass is 10.1. The lowest BCUT2D eigenvalue weighted by Gasteiger charge is -2.10. The third-order valence-corrected chi connectivity index (χ3v) is 6.47. The zero-order valence-corrected chi connectivity index (χ0v) is 16.7. The zero-order valence-electron chi connectivity index (χ0n) is 15.9. The Morgan fingerprint density at radius 2 is 1.86 bits per heavy atom. The highest BCUT2D eigenvalue weighted by Crippen LogP contribution is 2.32. The first-order chi connectivity index (χ1) is 13.9. The molecule has 0 saturated carbocycles. The van der Waals surface area contributed by atoms with Crippen molar-refractivity contribution in [3.05, 3.63) is 59.9 Å². The van der Waals surface area contributed by atoms with Crippen LogP contribution in [0.1, 0.15) is 18.4 Å². The zero-order chi connectivity index (χ0) is 20.4. The van der Waals surface area contributed by atoms with Gasteiger partial charge in [-0.2, -0.15) is 4.98 Å². The molecular weight excluding hydrogens is 395 g/mol. The molecule has 1 unspecified atom stereocenters. The maximum atomic E-state index is 13.3. The molecule has 2 aromatic carbocycles. The fraction of sp³-hybridized carbons (Fsp3) is 0.286. The fourth-order valence-electron chi connectivity index (χ4n) is 3.16. The molecule has 1 aliphatic heterocycles. The Bertz CT molecular complexity index is 1090. The van der Waals surface area contributed by atoms with E-state index >= 15 is 0 Å². The Labute approximate surface area is 168 Å². The van der Waals surface area contributed by atoms with Gasteiger partial charge in [-0.15, -0.1) is 0 Å². The molecule has 1 aromatic heterocycles. The van der Waals surface area contributed by atoms with Crippen LogP contribution in [0.25, 0.3) is 11.5 Å². The third-order valence-electron chi connectivity index (χ3n) is 4.79. The second-order valence-electron chi connectivity index (χ2n) is 6.99. The Morgan fingerprint density at radius 3 is 2.52 bits per heavy atom. The Balaban J connectivity index is 1.73. The minimum Gasteiger partial charge on any atom is -0.419 e. The van der Waals surface area contributed by atoms with Gasteiger partial charge in [-0.25, -0.2) is 12.8 Å². The number of anilines is 1.